The maximum atomic E-state index is 6.68. The summed E-state index contributed by atoms with van der Waals surface area (Å²) in [6, 6.07) is 63.1. The number of thiophene rings is 1. The Morgan fingerprint density at radius 2 is 1.04 bits per heavy atom. The molecule has 0 fully saturated rings. The Bertz CT molecular complexity index is 2680. The minimum absolute atomic E-state index is 0.882. The molecule has 8 aromatic carbocycles. The Labute approximate surface area is 288 Å². The van der Waals surface area contributed by atoms with Crippen molar-refractivity contribution < 1.29 is 4.74 Å². The van der Waals surface area contributed by atoms with Gasteiger partial charge in [-0.25, -0.2) is 0 Å². The fourth-order valence-electron chi connectivity index (χ4n) is 7.34. The van der Waals surface area contributed by atoms with Crippen LogP contribution in [0.2, 0.25) is 0 Å². The van der Waals surface area contributed by atoms with Gasteiger partial charge in [-0.05, 0) is 94.5 Å². The number of ether oxygens (including phenoxy) is 1. The van der Waals surface area contributed by atoms with Crippen LogP contribution in [0.5, 0.6) is 11.5 Å². The van der Waals surface area contributed by atoms with E-state index < -0.39 is 0 Å². The summed E-state index contributed by atoms with van der Waals surface area (Å²) in [5.74, 6) is 1.77. The van der Waals surface area contributed by atoms with Crippen molar-refractivity contribution in [2.24, 2.45) is 0 Å². The van der Waals surface area contributed by atoms with Gasteiger partial charge in [0.2, 0.25) is 0 Å². The molecule has 9 aromatic rings. The standard InChI is InChI=1S/C46H29NOS/c1-4-11-30(12-5-1)32-20-25-44-39(27-32)40-29-35(21-26-45(40)49-44)47(34-15-8-3-9-16-34)41-23-24-42-46-37(17-10-18-38(41)46)36-22-19-33(28-43(36)48-42)31-13-6-2-7-14-31/h1-29H. The number of para-hydroxylation sites is 1. The van der Waals surface area contributed by atoms with Crippen LogP contribution in [0.25, 0.3) is 64.3 Å². The molecule has 230 valence electrons. The lowest BCUT2D eigenvalue weighted by Gasteiger charge is -2.29. The summed E-state index contributed by atoms with van der Waals surface area (Å²) in [6.07, 6.45) is 0. The smallest absolute Gasteiger partial charge is 0.136 e. The molecular weight excluding hydrogens is 615 g/mol. The molecule has 3 heteroatoms. The topological polar surface area (TPSA) is 12.5 Å². The zero-order chi connectivity index (χ0) is 32.3. The minimum Gasteiger partial charge on any atom is -0.456 e. The van der Waals surface area contributed by atoms with E-state index >= 15 is 0 Å². The molecule has 0 spiro atoms. The Morgan fingerprint density at radius 3 is 1.80 bits per heavy atom. The number of fused-ring (bicyclic) bond motifs is 5. The summed E-state index contributed by atoms with van der Waals surface area (Å²) in [5.41, 5.74) is 10.4. The highest BCUT2D eigenvalue weighted by atomic mass is 32.1. The van der Waals surface area contributed by atoms with E-state index in [1.54, 1.807) is 0 Å². The Hall–Kier alpha value is -6.16. The van der Waals surface area contributed by atoms with Crippen LogP contribution in [0.3, 0.4) is 0 Å². The van der Waals surface area contributed by atoms with Gasteiger partial charge in [0, 0.05) is 47.9 Å². The third kappa shape index (κ3) is 4.62. The van der Waals surface area contributed by atoms with Crippen molar-refractivity contribution in [3.8, 4) is 44.9 Å². The first-order valence-corrected chi connectivity index (χ1v) is 17.4. The first-order chi connectivity index (χ1) is 24.3. The average molecular weight is 644 g/mol. The molecule has 49 heavy (non-hydrogen) atoms. The average Bonchev–Trinajstić information content (AvgIpc) is 3.54. The van der Waals surface area contributed by atoms with Gasteiger partial charge in [0.25, 0.3) is 0 Å². The van der Waals surface area contributed by atoms with E-state index in [-0.39, 0.29) is 0 Å². The molecule has 0 amide bonds. The molecule has 0 bridgehead atoms. The lowest BCUT2D eigenvalue weighted by atomic mass is 9.92. The third-order valence-corrected chi connectivity index (χ3v) is 10.8. The van der Waals surface area contributed by atoms with E-state index in [2.05, 4.69) is 175 Å². The molecule has 0 aliphatic carbocycles. The summed E-state index contributed by atoms with van der Waals surface area (Å²) in [7, 11) is 0. The summed E-state index contributed by atoms with van der Waals surface area (Å²) >= 11 is 1.85. The van der Waals surface area contributed by atoms with Gasteiger partial charge < -0.3 is 9.64 Å². The summed E-state index contributed by atoms with van der Waals surface area (Å²) in [6.45, 7) is 0. The van der Waals surface area contributed by atoms with Crippen LogP contribution in [0, 0.1) is 0 Å². The van der Waals surface area contributed by atoms with Crippen molar-refractivity contribution in [3.05, 3.63) is 176 Å². The maximum absolute atomic E-state index is 6.68. The normalized spacial score (nSPS) is 11.8. The highest BCUT2D eigenvalue weighted by molar-refractivity contribution is 7.25. The molecule has 2 nitrogen and oxygen atoms in total. The molecule has 0 unspecified atom stereocenters. The summed E-state index contributed by atoms with van der Waals surface area (Å²) < 4.78 is 9.27. The quantitative estimate of drug-likeness (QED) is 0.185. The van der Waals surface area contributed by atoms with E-state index in [4.69, 9.17) is 4.74 Å². The van der Waals surface area contributed by atoms with Gasteiger partial charge >= 0.3 is 0 Å². The first kappa shape index (κ1) is 27.9. The van der Waals surface area contributed by atoms with Crippen molar-refractivity contribution in [2.45, 2.75) is 0 Å². The van der Waals surface area contributed by atoms with E-state index in [9.17, 15) is 0 Å². The molecule has 1 aliphatic rings. The molecule has 0 atom stereocenters. The van der Waals surface area contributed by atoms with Crippen LogP contribution in [0.4, 0.5) is 17.1 Å². The molecule has 2 heterocycles. The van der Waals surface area contributed by atoms with Gasteiger partial charge in [0.1, 0.15) is 11.5 Å². The van der Waals surface area contributed by atoms with E-state index in [1.807, 2.05) is 17.4 Å². The summed E-state index contributed by atoms with van der Waals surface area (Å²) in [5, 5.41) is 4.84. The predicted molar refractivity (Wildman–Crippen MR) is 208 cm³/mol. The molecular formula is C46H29NOS. The number of hydrogen-bond acceptors (Lipinski definition) is 3. The largest absolute Gasteiger partial charge is 0.456 e. The van der Waals surface area contributed by atoms with Gasteiger partial charge in [-0.3, -0.25) is 0 Å². The number of nitrogens with zero attached hydrogens (tertiary/aromatic N) is 1. The Balaban J connectivity index is 1.15. The fraction of sp³-hybridized carbons (Fsp3) is 0. The van der Waals surface area contributed by atoms with Crippen molar-refractivity contribution in [3.63, 3.8) is 0 Å². The molecule has 1 aliphatic heterocycles. The molecule has 10 rings (SSSR count). The van der Waals surface area contributed by atoms with Crippen molar-refractivity contribution >= 4 is 59.3 Å². The van der Waals surface area contributed by atoms with Crippen LogP contribution in [-0.2, 0) is 0 Å². The van der Waals surface area contributed by atoms with Gasteiger partial charge in [0.05, 0.1) is 5.69 Å². The lowest BCUT2D eigenvalue weighted by Crippen LogP contribution is -2.11. The Kier molecular flexibility index (Phi) is 6.39. The maximum Gasteiger partial charge on any atom is 0.136 e. The van der Waals surface area contributed by atoms with Gasteiger partial charge in [-0.1, -0.05) is 109 Å². The SMILES string of the molecule is c1ccc(-c2ccc3c(c2)Oc2ccc(N(c4ccccc4)c4ccc5sc6ccc(-c7ccccc7)cc6c5c4)c4cccc-3c24)cc1. The number of anilines is 3. The summed E-state index contributed by atoms with van der Waals surface area (Å²) in [4.78, 5) is 2.39. The van der Waals surface area contributed by atoms with Gasteiger partial charge in [-0.2, -0.15) is 0 Å². The number of benzene rings is 8. The minimum atomic E-state index is 0.882. The number of hydrogen-bond donors (Lipinski definition) is 0. The van der Waals surface area contributed by atoms with E-state index in [0.717, 1.165) is 50.5 Å². The monoisotopic (exact) mass is 643 g/mol. The second kappa shape index (κ2) is 11.2. The highest BCUT2D eigenvalue weighted by Crippen LogP contribution is 2.51. The fourth-order valence-corrected chi connectivity index (χ4v) is 8.41. The van der Waals surface area contributed by atoms with E-state index in [1.165, 1.54) is 42.4 Å². The van der Waals surface area contributed by atoms with Crippen LogP contribution >= 0.6 is 11.3 Å². The molecule has 0 saturated heterocycles. The highest BCUT2D eigenvalue weighted by Gasteiger charge is 2.25. The van der Waals surface area contributed by atoms with Crippen molar-refractivity contribution in [2.75, 3.05) is 4.90 Å². The second-order valence-electron chi connectivity index (χ2n) is 12.5. The zero-order valence-electron chi connectivity index (χ0n) is 26.5. The first-order valence-electron chi connectivity index (χ1n) is 16.6. The molecule has 0 radical (unpaired) electrons. The molecule has 1 aromatic heterocycles. The third-order valence-electron chi connectivity index (χ3n) is 9.65. The van der Waals surface area contributed by atoms with Crippen molar-refractivity contribution in [1.29, 1.82) is 0 Å². The van der Waals surface area contributed by atoms with E-state index in [0.29, 0.717) is 0 Å². The van der Waals surface area contributed by atoms with Crippen LogP contribution in [-0.4, -0.2) is 0 Å². The van der Waals surface area contributed by atoms with Crippen LogP contribution < -0.4 is 9.64 Å². The zero-order valence-corrected chi connectivity index (χ0v) is 27.3. The second-order valence-corrected chi connectivity index (χ2v) is 13.6. The van der Waals surface area contributed by atoms with Gasteiger partial charge in [0.15, 0.2) is 0 Å². The molecule has 0 saturated carbocycles. The van der Waals surface area contributed by atoms with Gasteiger partial charge in [-0.15, -0.1) is 11.3 Å². The number of rotatable bonds is 5. The molecule has 0 N–H and O–H groups in total. The van der Waals surface area contributed by atoms with Crippen LogP contribution in [0.1, 0.15) is 0 Å². The predicted octanol–water partition coefficient (Wildman–Crippen LogP) is 13.8. The lowest BCUT2D eigenvalue weighted by molar-refractivity contribution is 0.487. The van der Waals surface area contributed by atoms with Crippen LogP contribution in [0.15, 0.2) is 176 Å². The Morgan fingerprint density at radius 1 is 0.388 bits per heavy atom. The van der Waals surface area contributed by atoms with Crippen molar-refractivity contribution in [1.82, 2.24) is 0 Å².